The molecular weight excluding hydrogens is 294 g/mol. The second kappa shape index (κ2) is 7.40. The summed E-state index contributed by atoms with van der Waals surface area (Å²) in [7, 11) is 0. The zero-order valence-corrected chi connectivity index (χ0v) is 14.1. The number of aromatic nitrogens is 3. The van der Waals surface area contributed by atoms with Crippen molar-refractivity contribution in [3.05, 3.63) is 11.6 Å². The van der Waals surface area contributed by atoms with Crippen molar-refractivity contribution in [1.29, 1.82) is 0 Å². The highest BCUT2D eigenvalue weighted by molar-refractivity contribution is 5.78. The molecule has 1 saturated carbocycles. The molecule has 1 saturated heterocycles. The standard InChI is InChI=1S/C16H27N5O2/c1-12-17-13(2)21(19-12)10-15-9-20(7-8-23-15)11-16(22)18-14-5-3-4-6-14/h14-15H,3-11H2,1-2H3,(H,18,22)/t15-/m0/s1. The van der Waals surface area contributed by atoms with Gasteiger partial charge < -0.3 is 10.1 Å². The normalized spacial score (nSPS) is 23.3. The van der Waals surface area contributed by atoms with Gasteiger partial charge >= 0.3 is 0 Å². The van der Waals surface area contributed by atoms with E-state index in [4.69, 9.17) is 4.74 Å². The van der Waals surface area contributed by atoms with E-state index in [0.29, 0.717) is 25.7 Å². The number of hydrogen-bond acceptors (Lipinski definition) is 5. The van der Waals surface area contributed by atoms with Gasteiger partial charge in [-0.25, -0.2) is 9.67 Å². The van der Waals surface area contributed by atoms with Gasteiger partial charge in [-0.15, -0.1) is 0 Å². The maximum Gasteiger partial charge on any atom is 0.234 e. The van der Waals surface area contributed by atoms with E-state index < -0.39 is 0 Å². The molecule has 1 N–H and O–H groups in total. The molecule has 2 heterocycles. The van der Waals surface area contributed by atoms with Crippen LogP contribution in [-0.4, -0.2) is 64.0 Å². The Morgan fingerprint density at radius 1 is 1.35 bits per heavy atom. The van der Waals surface area contributed by atoms with Crippen LogP contribution in [0.15, 0.2) is 0 Å². The molecule has 23 heavy (non-hydrogen) atoms. The summed E-state index contributed by atoms with van der Waals surface area (Å²) >= 11 is 0. The van der Waals surface area contributed by atoms with Crippen LogP contribution in [0.4, 0.5) is 0 Å². The number of amides is 1. The summed E-state index contributed by atoms with van der Waals surface area (Å²) in [6.45, 7) is 7.23. The smallest absolute Gasteiger partial charge is 0.234 e. The van der Waals surface area contributed by atoms with Gasteiger partial charge in [-0.3, -0.25) is 9.69 Å². The number of aryl methyl sites for hydroxylation is 2. The molecule has 1 atom stereocenters. The molecule has 1 aromatic rings. The van der Waals surface area contributed by atoms with Crippen LogP contribution in [0.5, 0.6) is 0 Å². The fourth-order valence-electron chi connectivity index (χ4n) is 3.51. The van der Waals surface area contributed by atoms with Gasteiger partial charge in [-0.1, -0.05) is 12.8 Å². The van der Waals surface area contributed by atoms with Crippen molar-refractivity contribution >= 4 is 5.91 Å². The average molecular weight is 321 g/mol. The molecular formula is C16H27N5O2. The van der Waals surface area contributed by atoms with E-state index in [2.05, 4.69) is 20.3 Å². The lowest BCUT2D eigenvalue weighted by Gasteiger charge is -2.32. The quantitative estimate of drug-likeness (QED) is 0.862. The molecule has 128 valence electrons. The monoisotopic (exact) mass is 321 g/mol. The van der Waals surface area contributed by atoms with Crippen molar-refractivity contribution in [3.63, 3.8) is 0 Å². The molecule has 0 radical (unpaired) electrons. The number of carbonyl (C=O) groups excluding carboxylic acids is 1. The Morgan fingerprint density at radius 2 is 2.13 bits per heavy atom. The molecule has 0 aromatic carbocycles. The van der Waals surface area contributed by atoms with Gasteiger partial charge in [0.15, 0.2) is 0 Å². The van der Waals surface area contributed by atoms with Gasteiger partial charge in [0, 0.05) is 19.1 Å². The minimum atomic E-state index is 0.0582. The first kappa shape index (κ1) is 16.4. The van der Waals surface area contributed by atoms with Gasteiger partial charge in [0.2, 0.25) is 5.91 Å². The third-order valence-electron chi connectivity index (χ3n) is 4.65. The fraction of sp³-hybridized carbons (Fsp3) is 0.812. The molecule has 0 bridgehead atoms. The number of carbonyl (C=O) groups is 1. The largest absolute Gasteiger partial charge is 0.374 e. The van der Waals surface area contributed by atoms with E-state index >= 15 is 0 Å². The van der Waals surface area contributed by atoms with Crippen LogP contribution in [0.25, 0.3) is 0 Å². The summed E-state index contributed by atoms with van der Waals surface area (Å²) in [6, 6.07) is 0.389. The predicted molar refractivity (Wildman–Crippen MR) is 86.1 cm³/mol. The van der Waals surface area contributed by atoms with Crippen molar-refractivity contribution in [2.75, 3.05) is 26.2 Å². The summed E-state index contributed by atoms with van der Waals surface area (Å²) in [5.74, 6) is 1.83. The highest BCUT2D eigenvalue weighted by Gasteiger charge is 2.24. The van der Waals surface area contributed by atoms with Crippen LogP contribution in [0.1, 0.15) is 37.3 Å². The Bertz CT molecular complexity index is 539. The van der Waals surface area contributed by atoms with Crippen molar-refractivity contribution in [3.8, 4) is 0 Å². The van der Waals surface area contributed by atoms with Crippen LogP contribution in [-0.2, 0) is 16.1 Å². The molecule has 0 spiro atoms. The number of ether oxygens (including phenoxy) is 1. The topological polar surface area (TPSA) is 72.3 Å². The second-order valence-electron chi connectivity index (χ2n) is 6.67. The van der Waals surface area contributed by atoms with Crippen molar-refractivity contribution in [2.24, 2.45) is 0 Å². The summed E-state index contributed by atoms with van der Waals surface area (Å²) in [5, 5.41) is 7.54. The first-order chi connectivity index (χ1) is 11.1. The molecule has 1 aromatic heterocycles. The Morgan fingerprint density at radius 3 is 2.83 bits per heavy atom. The third-order valence-corrected chi connectivity index (χ3v) is 4.65. The van der Waals surface area contributed by atoms with Gasteiger partial charge in [0.1, 0.15) is 11.6 Å². The van der Waals surface area contributed by atoms with Gasteiger partial charge in [0.25, 0.3) is 0 Å². The Hall–Kier alpha value is -1.47. The fourth-order valence-corrected chi connectivity index (χ4v) is 3.51. The molecule has 7 heteroatoms. The van der Waals surface area contributed by atoms with Crippen LogP contribution in [0.3, 0.4) is 0 Å². The van der Waals surface area contributed by atoms with Crippen molar-refractivity contribution in [1.82, 2.24) is 25.0 Å². The van der Waals surface area contributed by atoms with E-state index in [-0.39, 0.29) is 12.0 Å². The van der Waals surface area contributed by atoms with E-state index in [1.165, 1.54) is 12.8 Å². The van der Waals surface area contributed by atoms with Gasteiger partial charge in [-0.2, -0.15) is 5.10 Å². The highest BCUT2D eigenvalue weighted by atomic mass is 16.5. The lowest BCUT2D eigenvalue weighted by atomic mass is 10.2. The van der Waals surface area contributed by atoms with Crippen LogP contribution in [0, 0.1) is 13.8 Å². The van der Waals surface area contributed by atoms with E-state index in [1.807, 2.05) is 18.5 Å². The number of morpholine rings is 1. The van der Waals surface area contributed by atoms with Crippen LogP contribution < -0.4 is 5.32 Å². The predicted octanol–water partition coefficient (Wildman–Crippen LogP) is 0.655. The molecule has 2 fully saturated rings. The summed E-state index contributed by atoms with van der Waals surface area (Å²) < 4.78 is 7.72. The number of rotatable bonds is 5. The lowest BCUT2D eigenvalue weighted by molar-refractivity contribution is -0.125. The average Bonchev–Trinajstić information content (AvgIpc) is 3.09. The Labute approximate surface area is 137 Å². The molecule has 0 unspecified atom stereocenters. The number of nitrogens with zero attached hydrogens (tertiary/aromatic N) is 4. The van der Waals surface area contributed by atoms with Crippen LogP contribution >= 0.6 is 0 Å². The molecule has 7 nitrogen and oxygen atoms in total. The minimum Gasteiger partial charge on any atom is -0.374 e. The molecule has 2 aliphatic rings. The lowest BCUT2D eigenvalue weighted by Crippen LogP contribution is -2.49. The van der Waals surface area contributed by atoms with Crippen molar-refractivity contribution in [2.45, 2.75) is 58.2 Å². The minimum absolute atomic E-state index is 0.0582. The molecule has 1 amide bonds. The first-order valence-electron chi connectivity index (χ1n) is 8.61. The van der Waals surface area contributed by atoms with Gasteiger partial charge in [-0.05, 0) is 26.7 Å². The van der Waals surface area contributed by atoms with Gasteiger partial charge in [0.05, 0.1) is 25.8 Å². The SMILES string of the molecule is Cc1nc(C)n(C[C@@H]2CN(CC(=O)NC3CCCC3)CCO2)n1. The molecule has 3 rings (SSSR count). The maximum absolute atomic E-state index is 12.2. The highest BCUT2D eigenvalue weighted by Crippen LogP contribution is 2.17. The third kappa shape index (κ3) is 4.51. The van der Waals surface area contributed by atoms with Crippen LogP contribution in [0.2, 0.25) is 0 Å². The van der Waals surface area contributed by atoms with E-state index in [0.717, 1.165) is 37.6 Å². The zero-order valence-electron chi connectivity index (χ0n) is 14.1. The maximum atomic E-state index is 12.2. The molecule has 1 aliphatic carbocycles. The summed E-state index contributed by atoms with van der Waals surface area (Å²) in [6.07, 6.45) is 4.79. The van der Waals surface area contributed by atoms with Crippen molar-refractivity contribution < 1.29 is 9.53 Å². The Kier molecular flexibility index (Phi) is 5.27. The molecule has 1 aliphatic heterocycles. The number of hydrogen-bond donors (Lipinski definition) is 1. The zero-order chi connectivity index (χ0) is 16.2. The summed E-state index contributed by atoms with van der Waals surface area (Å²) in [5.41, 5.74) is 0. The second-order valence-corrected chi connectivity index (χ2v) is 6.67. The number of nitrogens with one attached hydrogen (secondary N) is 1. The van der Waals surface area contributed by atoms with E-state index in [9.17, 15) is 4.79 Å². The first-order valence-corrected chi connectivity index (χ1v) is 8.61. The van der Waals surface area contributed by atoms with E-state index in [1.54, 1.807) is 0 Å². The summed E-state index contributed by atoms with van der Waals surface area (Å²) in [4.78, 5) is 18.7. The Balaban J connectivity index is 1.47.